The summed E-state index contributed by atoms with van der Waals surface area (Å²) in [6, 6.07) is 20.4. The van der Waals surface area contributed by atoms with Crippen LogP contribution in [0.1, 0.15) is 0 Å². The molecule has 158 valence electrons. The molecule has 1 N–H and O–H groups in total. The molecule has 5 rings (SSSR count). The fraction of sp³-hybridized carbons (Fsp3) is 0.250. The van der Waals surface area contributed by atoms with Gasteiger partial charge in [-0.05, 0) is 49.5 Å². The number of likely N-dealkylation sites (N-methyl/N-ethyl adjacent to an activating group) is 1. The number of para-hydroxylation sites is 1. The number of rotatable bonds is 5. The number of fused-ring (bicyclic) bond motifs is 1. The zero-order valence-corrected chi connectivity index (χ0v) is 17.8. The first-order valence-corrected chi connectivity index (χ1v) is 10.5. The van der Waals surface area contributed by atoms with Crippen LogP contribution in [0.25, 0.3) is 16.8 Å². The molecule has 2 aromatic carbocycles. The van der Waals surface area contributed by atoms with Crippen molar-refractivity contribution in [1.82, 2.24) is 19.5 Å². The van der Waals surface area contributed by atoms with Gasteiger partial charge in [0, 0.05) is 54.9 Å². The minimum atomic E-state index is 0.565. The number of aromatic nitrogens is 3. The monoisotopic (exact) mass is 414 g/mol. The second kappa shape index (κ2) is 8.28. The van der Waals surface area contributed by atoms with Gasteiger partial charge in [0.15, 0.2) is 5.65 Å². The maximum Gasteiger partial charge on any atom is 0.247 e. The largest absolute Gasteiger partial charge is 0.496 e. The first-order valence-electron chi connectivity index (χ1n) is 10.5. The second-order valence-corrected chi connectivity index (χ2v) is 7.79. The van der Waals surface area contributed by atoms with Gasteiger partial charge in [-0.25, -0.2) is 4.52 Å². The lowest BCUT2D eigenvalue weighted by molar-refractivity contribution is 0.313. The smallest absolute Gasteiger partial charge is 0.247 e. The number of piperazine rings is 1. The predicted molar refractivity (Wildman–Crippen MR) is 124 cm³/mol. The van der Waals surface area contributed by atoms with Gasteiger partial charge in [-0.2, -0.15) is 4.98 Å². The normalized spacial score (nSPS) is 14.7. The Bertz CT molecular complexity index is 1180. The maximum absolute atomic E-state index is 5.54. The Kier molecular flexibility index (Phi) is 5.18. The zero-order chi connectivity index (χ0) is 21.2. The van der Waals surface area contributed by atoms with Gasteiger partial charge in [-0.1, -0.05) is 18.2 Å². The number of hydrogen-bond acceptors (Lipinski definition) is 6. The number of nitrogens with one attached hydrogen (secondary N) is 1. The molecule has 0 aliphatic carbocycles. The molecule has 1 saturated heterocycles. The lowest BCUT2D eigenvalue weighted by atomic mass is 10.1. The fourth-order valence-corrected chi connectivity index (χ4v) is 3.99. The summed E-state index contributed by atoms with van der Waals surface area (Å²) in [4.78, 5) is 9.53. The quantitative estimate of drug-likeness (QED) is 0.535. The summed E-state index contributed by atoms with van der Waals surface area (Å²) in [6.07, 6.45) is 1.91. The van der Waals surface area contributed by atoms with E-state index in [2.05, 4.69) is 51.5 Å². The van der Waals surface area contributed by atoms with Crippen LogP contribution in [0.3, 0.4) is 0 Å². The van der Waals surface area contributed by atoms with Crippen molar-refractivity contribution in [2.24, 2.45) is 0 Å². The van der Waals surface area contributed by atoms with Gasteiger partial charge in [0.2, 0.25) is 5.95 Å². The van der Waals surface area contributed by atoms with Gasteiger partial charge in [-0.3, -0.25) is 0 Å². The molecule has 0 unspecified atom stereocenters. The SMILES string of the molecule is COc1ccccc1-c1cccn2nc(Nc3ccc(N4CCN(C)CC4)cc3)nc12. The lowest BCUT2D eigenvalue weighted by Gasteiger charge is -2.34. The van der Waals surface area contributed by atoms with E-state index in [0.717, 1.165) is 54.4 Å². The van der Waals surface area contributed by atoms with E-state index >= 15 is 0 Å². The Balaban J connectivity index is 1.39. The third kappa shape index (κ3) is 3.92. The summed E-state index contributed by atoms with van der Waals surface area (Å²) in [5, 5.41) is 7.94. The molecule has 1 aliphatic rings. The molecule has 7 heteroatoms. The highest BCUT2D eigenvalue weighted by Crippen LogP contribution is 2.32. The topological polar surface area (TPSA) is 57.9 Å². The summed E-state index contributed by atoms with van der Waals surface area (Å²) >= 11 is 0. The van der Waals surface area contributed by atoms with Gasteiger partial charge < -0.3 is 19.9 Å². The Morgan fingerprint density at radius 1 is 0.871 bits per heavy atom. The first-order chi connectivity index (χ1) is 15.2. The molecule has 1 aliphatic heterocycles. The van der Waals surface area contributed by atoms with Crippen molar-refractivity contribution in [3.63, 3.8) is 0 Å². The Labute approximate surface area is 181 Å². The molecule has 0 bridgehead atoms. The minimum Gasteiger partial charge on any atom is -0.496 e. The molecule has 31 heavy (non-hydrogen) atoms. The van der Waals surface area contributed by atoms with Gasteiger partial charge in [0.1, 0.15) is 5.75 Å². The predicted octanol–water partition coefficient (Wildman–Crippen LogP) is 3.90. The van der Waals surface area contributed by atoms with Crippen molar-refractivity contribution < 1.29 is 4.74 Å². The zero-order valence-electron chi connectivity index (χ0n) is 17.8. The molecule has 0 spiro atoms. The molecule has 4 aromatic rings. The van der Waals surface area contributed by atoms with Gasteiger partial charge in [0.25, 0.3) is 0 Å². The maximum atomic E-state index is 5.54. The highest BCUT2D eigenvalue weighted by Gasteiger charge is 2.15. The number of methoxy groups -OCH3 is 1. The summed E-state index contributed by atoms with van der Waals surface area (Å²) in [7, 11) is 3.85. The van der Waals surface area contributed by atoms with E-state index < -0.39 is 0 Å². The standard InChI is InChI=1S/C24H26N6O/c1-28-14-16-29(17-15-28)19-11-9-18(10-12-19)25-24-26-23-21(7-5-13-30(23)27-24)20-6-3-4-8-22(20)31-2/h3-13H,14-17H2,1-2H3,(H,25,27). The Morgan fingerprint density at radius 3 is 2.39 bits per heavy atom. The molecule has 0 atom stereocenters. The van der Waals surface area contributed by atoms with Crippen molar-refractivity contribution in [2.75, 3.05) is 50.6 Å². The summed E-state index contributed by atoms with van der Waals surface area (Å²) in [5.74, 6) is 1.38. The van der Waals surface area contributed by atoms with E-state index in [9.17, 15) is 0 Å². The fourth-order valence-electron chi connectivity index (χ4n) is 3.99. The number of hydrogen-bond donors (Lipinski definition) is 1. The summed E-state index contributed by atoms with van der Waals surface area (Å²) in [5.41, 5.74) is 4.97. The second-order valence-electron chi connectivity index (χ2n) is 7.79. The van der Waals surface area contributed by atoms with Crippen LogP contribution in [0.5, 0.6) is 5.75 Å². The van der Waals surface area contributed by atoms with Crippen LogP contribution in [-0.4, -0.2) is 59.8 Å². The van der Waals surface area contributed by atoms with E-state index in [1.807, 2.05) is 42.6 Å². The molecular weight excluding hydrogens is 388 g/mol. The minimum absolute atomic E-state index is 0.565. The van der Waals surface area contributed by atoms with Crippen molar-refractivity contribution >= 4 is 23.0 Å². The van der Waals surface area contributed by atoms with Crippen molar-refractivity contribution in [1.29, 1.82) is 0 Å². The van der Waals surface area contributed by atoms with E-state index in [0.29, 0.717) is 5.95 Å². The van der Waals surface area contributed by atoms with Crippen LogP contribution < -0.4 is 15.0 Å². The average molecular weight is 415 g/mol. The van der Waals surface area contributed by atoms with Crippen LogP contribution in [0, 0.1) is 0 Å². The van der Waals surface area contributed by atoms with Crippen molar-refractivity contribution in [3.05, 3.63) is 66.9 Å². The Morgan fingerprint density at radius 2 is 1.61 bits per heavy atom. The summed E-state index contributed by atoms with van der Waals surface area (Å²) in [6.45, 7) is 4.31. The molecule has 0 radical (unpaired) electrons. The van der Waals surface area contributed by atoms with Crippen molar-refractivity contribution in [2.45, 2.75) is 0 Å². The van der Waals surface area contributed by atoms with Gasteiger partial charge in [0.05, 0.1) is 7.11 Å². The number of pyridine rings is 1. The lowest BCUT2D eigenvalue weighted by Crippen LogP contribution is -2.44. The molecule has 2 aromatic heterocycles. The van der Waals surface area contributed by atoms with E-state index in [1.54, 1.807) is 11.6 Å². The highest BCUT2D eigenvalue weighted by atomic mass is 16.5. The van der Waals surface area contributed by atoms with Crippen LogP contribution in [0.4, 0.5) is 17.3 Å². The molecule has 3 heterocycles. The Hall–Kier alpha value is -3.58. The first kappa shape index (κ1) is 19.4. The molecule has 0 saturated carbocycles. The number of ether oxygens (including phenoxy) is 1. The molecule has 0 amide bonds. The van der Waals surface area contributed by atoms with E-state index in [1.165, 1.54) is 5.69 Å². The van der Waals surface area contributed by atoms with Crippen LogP contribution >= 0.6 is 0 Å². The third-order valence-electron chi connectivity index (χ3n) is 5.75. The van der Waals surface area contributed by atoms with Crippen LogP contribution in [-0.2, 0) is 0 Å². The third-order valence-corrected chi connectivity index (χ3v) is 5.75. The van der Waals surface area contributed by atoms with Gasteiger partial charge in [-0.15, -0.1) is 5.10 Å². The van der Waals surface area contributed by atoms with Crippen molar-refractivity contribution in [3.8, 4) is 16.9 Å². The van der Waals surface area contributed by atoms with E-state index in [4.69, 9.17) is 9.72 Å². The van der Waals surface area contributed by atoms with Gasteiger partial charge >= 0.3 is 0 Å². The highest BCUT2D eigenvalue weighted by molar-refractivity contribution is 5.82. The summed E-state index contributed by atoms with van der Waals surface area (Å²) < 4.78 is 7.33. The molecule has 7 nitrogen and oxygen atoms in total. The average Bonchev–Trinajstić information content (AvgIpc) is 3.22. The van der Waals surface area contributed by atoms with E-state index in [-0.39, 0.29) is 0 Å². The van der Waals surface area contributed by atoms with Crippen LogP contribution in [0.2, 0.25) is 0 Å². The van der Waals surface area contributed by atoms with Crippen LogP contribution in [0.15, 0.2) is 66.9 Å². The number of benzene rings is 2. The number of nitrogens with zero attached hydrogens (tertiary/aromatic N) is 5. The molecular formula is C24H26N6O. The molecule has 1 fully saturated rings. The number of anilines is 3.